The Balaban J connectivity index is 1.67. The Hall–Kier alpha value is -3.97. The van der Waals surface area contributed by atoms with Gasteiger partial charge in [0.2, 0.25) is 0 Å². The fourth-order valence-electron chi connectivity index (χ4n) is 5.28. The van der Waals surface area contributed by atoms with Gasteiger partial charge in [0.1, 0.15) is 0 Å². The summed E-state index contributed by atoms with van der Waals surface area (Å²) < 4.78 is 2.16. The van der Waals surface area contributed by atoms with Gasteiger partial charge < -0.3 is 19.9 Å². The van der Waals surface area contributed by atoms with Crippen LogP contribution in [-0.2, 0) is 0 Å². The van der Waals surface area contributed by atoms with Crippen molar-refractivity contribution in [3.63, 3.8) is 0 Å². The topological polar surface area (TPSA) is 70.4 Å². The van der Waals surface area contributed by atoms with Crippen molar-refractivity contribution in [1.82, 2.24) is 14.9 Å². The third kappa shape index (κ3) is 4.16. The molecule has 1 saturated heterocycles. The monoisotopic (exact) mass is 496 g/mol. The molecule has 4 aromatic rings. The minimum atomic E-state index is -0.934. The molecular formula is C29H28N4O2S. The second-order valence-electron chi connectivity index (χ2n) is 9.36. The number of hydrogen-bond donors (Lipinski definition) is 2. The Morgan fingerprint density at radius 2 is 1.64 bits per heavy atom. The first-order valence-electron chi connectivity index (χ1n) is 11.9. The molecule has 2 aromatic carbocycles. The number of hydrogen-bond acceptors (Lipinski definition) is 3. The Morgan fingerprint density at radius 1 is 0.944 bits per heavy atom. The molecule has 0 aliphatic carbocycles. The van der Waals surface area contributed by atoms with Gasteiger partial charge in [0.15, 0.2) is 5.11 Å². The van der Waals surface area contributed by atoms with Crippen LogP contribution in [0.1, 0.15) is 56.2 Å². The van der Waals surface area contributed by atoms with Crippen molar-refractivity contribution < 1.29 is 9.90 Å². The highest BCUT2D eigenvalue weighted by Gasteiger charge is 2.42. The summed E-state index contributed by atoms with van der Waals surface area (Å²) in [6, 6.07) is 21.4. The molecule has 0 amide bonds. The van der Waals surface area contributed by atoms with Gasteiger partial charge in [-0.15, -0.1) is 0 Å². The number of carboxylic acids is 1. The second-order valence-corrected chi connectivity index (χ2v) is 9.74. The zero-order valence-corrected chi connectivity index (χ0v) is 21.5. The highest BCUT2D eigenvalue weighted by atomic mass is 32.1. The summed E-state index contributed by atoms with van der Waals surface area (Å²) >= 11 is 5.90. The van der Waals surface area contributed by atoms with Crippen LogP contribution in [0.15, 0.2) is 72.9 Å². The summed E-state index contributed by atoms with van der Waals surface area (Å²) in [6.07, 6.45) is 1.81. The summed E-state index contributed by atoms with van der Waals surface area (Å²) in [6.45, 7) is 8.37. The van der Waals surface area contributed by atoms with Gasteiger partial charge in [-0.05, 0) is 111 Å². The van der Waals surface area contributed by atoms with E-state index < -0.39 is 5.97 Å². The Labute approximate surface area is 216 Å². The van der Waals surface area contributed by atoms with Crippen LogP contribution in [0.2, 0.25) is 0 Å². The van der Waals surface area contributed by atoms with Gasteiger partial charge in [0.25, 0.3) is 0 Å². The first-order chi connectivity index (χ1) is 17.2. The quantitative estimate of drug-likeness (QED) is 0.331. The van der Waals surface area contributed by atoms with Crippen LogP contribution in [0, 0.1) is 27.7 Å². The molecule has 0 unspecified atom stereocenters. The van der Waals surface area contributed by atoms with E-state index in [1.807, 2.05) is 36.5 Å². The molecule has 3 heterocycles. The predicted molar refractivity (Wildman–Crippen MR) is 146 cm³/mol. The lowest BCUT2D eigenvalue weighted by molar-refractivity contribution is 0.0697. The van der Waals surface area contributed by atoms with Crippen molar-refractivity contribution in [2.75, 3.05) is 4.90 Å². The molecule has 182 valence electrons. The number of benzene rings is 2. The van der Waals surface area contributed by atoms with Crippen molar-refractivity contribution in [2.45, 2.75) is 39.8 Å². The average Bonchev–Trinajstić information content (AvgIpc) is 3.34. The van der Waals surface area contributed by atoms with Crippen LogP contribution in [-0.4, -0.2) is 25.7 Å². The molecule has 0 saturated carbocycles. The Kier molecular flexibility index (Phi) is 6.10. The number of nitrogens with zero attached hydrogens (tertiary/aromatic N) is 3. The lowest BCUT2D eigenvalue weighted by Crippen LogP contribution is -2.29. The molecule has 36 heavy (non-hydrogen) atoms. The first-order valence-corrected chi connectivity index (χ1v) is 12.3. The number of anilines is 1. The molecule has 1 fully saturated rings. The Bertz CT molecular complexity index is 1440. The molecule has 0 bridgehead atoms. The van der Waals surface area contributed by atoms with Crippen LogP contribution in [0.25, 0.3) is 5.69 Å². The highest BCUT2D eigenvalue weighted by molar-refractivity contribution is 7.80. The molecule has 5 rings (SSSR count). The van der Waals surface area contributed by atoms with E-state index in [9.17, 15) is 9.90 Å². The predicted octanol–water partition coefficient (Wildman–Crippen LogP) is 5.98. The SMILES string of the molecule is Cc1cc(C)cc(N2C(=S)N[C@H](c3ccccn3)[C@@H]2c2cc(C)n(-c3ccc(C(=O)O)cc3)c2C)c1. The van der Waals surface area contributed by atoms with Crippen LogP contribution in [0.5, 0.6) is 0 Å². The number of thiocarbonyl (C=S) groups is 1. The molecule has 0 radical (unpaired) electrons. The van der Waals surface area contributed by atoms with Crippen LogP contribution >= 0.6 is 12.2 Å². The summed E-state index contributed by atoms with van der Waals surface area (Å²) in [7, 11) is 0. The summed E-state index contributed by atoms with van der Waals surface area (Å²) in [5.74, 6) is -0.934. The van der Waals surface area contributed by atoms with Gasteiger partial charge in [-0.1, -0.05) is 12.1 Å². The molecule has 7 heteroatoms. The van der Waals surface area contributed by atoms with Gasteiger partial charge in [-0.3, -0.25) is 4.98 Å². The first kappa shape index (κ1) is 23.8. The van der Waals surface area contributed by atoms with E-state index in [2.05, 4.69) is 71.7 Å². The molecule has 6 nitrogen and oxygen atoms in total. The Morgan fingerprint density at radius 3 is 2.25 bits per heavy atom. The largest absolute Gasteiger partial charge is 0.478 e. The van der Waals surface area contributed by atoms with E-state index in [1.54, 1.807) is 12.1 Å². The summed E-state index contributed by atoms with van der Waals surface area (Å²) in [4.78, 5) is 18.2. The molecule has 1 aliphatic heterocycles. The zero-order valence-electron chi connectivity index (χ0n) is 20.7. The summed E-state index contributed by atoms with van der Waals surface area (Å²) in [5, 5.41) is 13.5. The van der Waals surface area contributed by atoms with E-state index >= 15 is 0 Å². The number of aromatic carboxylic acids is 1. The fourth-order valence-corrected chi connectivity index (χ4v) is 5.62. The molecule has 2 N–H and O–H groups in total. The van der Waals surface area contributed by atoms with Crippen molar-refractivity contribution in [3.05, 3.63) is 112 Å². The molecular weight excluding hydrogens is 468 g/mol. The van der Waals surface area contributed by atoms with Gasteiger partial charge in [0, 0.05) is 29.0 Å². The lowest BCUT2D eigenvalue weighted by Gasteiger charge is -2.29. The maximum Gasteiger partial charge on any atom is 0.335 e. The van der Waals surface area contributed by atoms with Gasteiger partial charge in [0.05, 0.1) is 23.3 Å². The standard InChI is InChI=1S/C29H28N4O2S/c1-17-13-18(2)15-23(14-17)33-27(26(31-29(33)36)25-7-5-6-12-30-25)24-16-19(3)32(20(24)4)22-10-8-21(9-11-22)28(34)35/h5-16,26-27H,1-4H3,(H,31,36)(H,34,35)/t26-,27+/m1/s1. The minimum absolute atomic E-state index is 0.119. The van der Waals surface area contributed by atoms with Gasteiger partial charge >= 0.3 is 5.97 Å². The average molecular weight is 497 g/mol. The van der Waals surface area contributed by atoms with Crippen molar-refractivity contribution in [3.8, 4) is 5.69 Å². The van der Waals surface area contributed by atoms with Gasteiger partial charge in [-0.2, -0.15) is 0 Å². The number of pyridine rings is 1. The van der Waals surface area contributed by atoms with Crippen LogP contribution in [0.3, 0.4) is 0 Å². The van der Waals surface area contributed by atoms with E-state index in [0.717, 1.165) is 34.0 Å². The van der Waals surface area contributed by atoms with Crippen molar-refractivity contribution >= 4 is 29.0 Å². The van der Waals surface area contributed by atoms with E-state index in [0.29, 0.717) is 5.11 Å². The van der Waals surface area contributed by atoms with E-state index in [-0.39, 0.29) is 17.6 Å². The van der Waals surface area contributed by atoms with Crippen molar-refractivity contribution in [1.29, 1.82) is 0 Å². The molecule has 1 aliphatic rings. The normalized spacial score (nSPS) is 17.3. The lowest BCUT2D eigenvalue weighted by atomic mass is 9.96. The van der Waals surface area contributed by atoms with Crippen molar-refractivity contribution in [2.24, 2.45) is 0 Å². The van der Waals surface area contributed by atoms with E-state index in [1.165, 1.54) is 11.1 Å². The second kappa shape index (κ2) is 9.24. The number of aromatic nitrogens is 2. The fraction of sp³-hybridized carbons (Fsp3) is 0.207. The maximum absolute atomic E-state index is 11.3. The molecule has 2 aromatic heterocycles. The smallest absolute Gasteiger partial charge is 0.335 e. The summed E-state index contributed by atoms with van der Waals surface area (Å²) in [5.41, 5.74) is 8.78. The number of rotatable bonds is 5. The van der Waals surface area contributed by atoms with E-state index in [4.69, 9.17) is 12.2 Å². The number of aryl methyl sites for hydroxylation is 3. The number of carbonyl (C=O) groups is 1. The van der Waals surface area contributed by atoms with Crippen LogP contribution in [0.4, 0.5) is 5.69 Å². The third-order valence-electron chi connectivity index (χ3n) is 6.74. The van der Waals surface area contributed by atoms with Crippen LogP contribution < -0.4 is 10.2 Å². The maximum atomic E-state index is 11.3. The minimum Gasteiger partial charge on any atom is -0.478 e. The number of nitrogens with one attached hydrogen (secondary N) is 1. The molecule has 0 spiro atoms. The number of carboxylic acid groups (broad SMARTS) is 1. The highest BCUT2D eigenvalue weighted by Crippen LogP contribution is 2.44. The zero-order chi connectivity index (χ0) is 25.6. The van der Waals surface area contributed by atoms with Gasteiger partial charge in [-0.25, -0.2) is 4.79 Å². The molecule has 2 atom stereocenters. The third-order valence-corrected chi connectivity index (χ3v) is 7.06.